The van der Waals surface area contributed by atoms with Crippen molar-refractivity contribution in [1.29, 1.82) is 0 Å². The molecule has 22 heavy (non-hydrogen) atoms. The van der Waals surface area contributed by atoms with Crippen molar-refractivity contribution >= 4 is 17.8 Å². The fourth-order valence-electron chi connectivity index (χ4n) is 2.79. The third-order valence-corrected chi connectivity index (χ3v) is 4.16. The van der Waals surface area contributed by atoms with Gasteiger partial charge < -0.3 is 10.2 Å². The van der Waals surface area contributed by atoms with E-state index >= 15 is 0 Å². The van der Waals surface area contributed by atoms with Crippen LogP contribution in [0.1, 0.15) is 24.8 Å². The summed E-state index contributed by atoms with van der Waals surface area (Å²) in [4.78, 5) is 17.8. The van der Waals surface area contributed by atoms with E-state index in [1.807, 2.05) is 12.1 Å². The minimum Gasteiger partial charge on any atom is -0.366 e. The highest BCUT2D eigenvalue weighted by Crippen LogP contribution is 2.31. The number of rotatable bonds is 6. The van der Waals surface area contributed by atoms with Crippen LogP contribution < -0.4 is 10.8 Å². The highest BCUT2D eigenvalue weighted by Gasteiger charge is 2.29. The lowest BCUT2D eigenvalue weighted by Crippen LogP contribution is -2.28. The van der Waals surface area contributed by atoms with Crippen molar-refractivity contribution in [3.63, 3.8) is 0 Å². The fraction of sp³-hybridized carbons (Fsp3) is 0.500. The van der Waals surface area contributed by atoms with Crippen LogP contribution in [-0.2, 0) is 4.79 Å². The zero-order chi connectivity index (χ0) is 15.4. The summed E-state index contributed by atoms with van der Waals surface area (Å²) in [5.74, 6) is 1.25. The standard InChI is InChI=1S/C16H22N4O2/c21-16(19-22)6-4-12-3-5-15(17-9-12)18-14-7-8-20(11-14)10-13-1-2-13/h3-6,9,13-14,22H,1-2,7-8,10-11H2,(H,17,18)(H,19,21)/t14-/m1/s1. The van der Waals surface area contributed by atoms with Crippen molar-refractivity contribution in [2.75, 3.05) is 25.0 Å². The number of hydroxylamine groups is 1. The minimum atomic E-state index is -0.552. The third kappa shape index (κ3) is 4.29. The summed E-state index contributed by atoms with van der Waals surface area (Å²) < 4.78 is 0. The third-order valence-electron chi connectivity index (χ3n) is 4.16. The molecule has 1 aliphatic heterocycles. The van der Waals surface area contributed by atoms with Gasteiger partial charge in [-0.05, 0) is 49.0 Å². The van der Waals surface area contributed by atoms with Crippen molar-refractivity contribution < 1.29 is 10.0 Å². The Morgan fingerprint density at radius 1 is 1.41 bits per heavy atom. The Labute approximate surface area is 130 Å². The molecule has 2 aliphatic rings. The van der Waals surface area contributed by atoms with E-state index in [0.29, 0.717) is 6.04 Å². The first-order chi connectivity index (χ1) is 10.7. The molecule has 0 aromatic carbocycles. The van der Waals surface area contributed by atoms with Gasteiger partial charge in [0.1, 0.15) is 5.82 Å². The van der Waals surface area contributed by atoms with Crippen LogP contribution in [0.2, 0.25) is 0 Å². The Morgan fingerprint density at radius 2 is 2.27 bits per heavy atom. The second-order valence-corrected chi connectivity index (χ2v) is 6.12. The van der Waals surface area contributed by atoms with E-state index in [4.69, 9.17) is 5.21 Å². The molecule has 0 unspecified atom stereocenters. The molecule has 1 saturated carbocycles. The number of amides is 1. The van der Waals surface area contributed by atoms with Crippen LogP contribution in [-0.4, -0.2) is 46.7 Å². The first kappa shape index (κ1) is 15.0. The lowest BCUT2D eigenvalue weighted by Gasteiger charge is -2.16. The first-order valence-corrected chi connectivity index (χ1v) is 7.80. The second-order valence-electron chi connectivity index (χ2n) is 6.12. The number of hydrogen-bond acceptors (Lipinski definition) is 5. The van der Waals surface area contributed by atoms with Gasteiger partial charge in [0.2, 0.25) is 0 Å². The van der Waals surface area contributed by atoms with E-state index in [1.54, 1.807) is 17.8 Å². The molecule has 1 saturated heterocycles. The monoisotopic (exact) mass is 302 g/mol. The van der Waals surface area contributed by atoms with Gasteiger partial charge in [0.25, 0.3) is 5.91 Å². The number of pyridine rings is 1. The van der Waals surface area contributed by atoms with E-state index < -0.39 is 5.91 Å². The van der Waals surface area contributed by atoms with E-state index in [-0.39, 0.29) is 0 Å². The molecule has 1 atom stereocenters. The molecule has 1 aromatic heterocycles. The average Bonchev–Trinajstić information content (AvgIpc) is 3.24. The molecular weight excluding hydrogens is 280 g/mol. The minimum absolute atomic E-state index is 0.466. The number of carbonyl (C=O) groups is 1. The smallest absolute Gasteiger partial charge is 0.267 e. The fourth-order valence-corrected chi connectivity index (χ4v) is 2.79. The van der Waals surface area contributed by atoms with Crippen LogP contribution in [0.5, 0.6) is 0 Å². The molecule has 2 heterocycles. The normalized spacial score (nSPS) is 22.1. The van der Waals surface area contributed by atoms with Gasteiger partial charge in [-0.25, -0.2) is 10.5 Å². The van der Waals surface area contributed by atoms with Gasteiger partial charge in [0, 0.05) is 37.9 Å². The van der Waals surface area contributed by atoms with Gasteiger partial charge in [0.05, 0.1) is 0 Å². The zero-order valence-electron chi connectivity index (χ0n) is 12.5. The van der Waals surface area contributed by atoms with Crippen LogP contribution in [0.3, 0.4) is 0 Å². The molecule has 0 bridgehead atoms. The highest BCUT2D eigenvalue weighted by atomic mass is 16.5. The summed E-state index contributed by atoms with van der Waals surface area (Å²) in [7, 11) is 0. The van der Waals surface area contributed by atoms with E-state index in [0.717, 1.165) is 30.3 Å². The predicted octanol–water partition coefficient (Wildman–Crippen LogP) is 1.50. The lowest BCUT2D eigenvalue weighted by molar-refractivity contribution is -0.124. The lowest BCUT2D eigenvalue weighted by atomic mass is 10.2. The van der Waals surface area contributed by atoms with Crippen LogP contribution >= 0.6 is 0 Å². The zero-order valence-corrected chi connectivity index (χ0v) is 12.5. The molecule has 1 aliphatic carbocycles. The second kappa shape index (κ2) is 6.89. The number of likely N-dealkylation sites (tertiary alicyclic amines) is 1. The van der Waals surface area contributed by atoms with Crippen LogP contribution in [0.15, 0.2) is 24.4 Å². The average molecular weight is 302 g/mol. The molecular formula is C16H22N4O2. The van der Waals surface area contributed by atoms with Crippen LogP contribution in [0.4, 0.5) is 5.82 Å². The Hall–Kier alpha value is -1.92. The number of nitrogens with one attached hydrogen (secondary N) is 2. The van der Waals surface area contributed by atoms with Crippen molar-refractivity contribution in [3.8, 4) is 0 Å². The molecule has 3 N–H and O–H groups in total. The van der Waals surface area contributed by atoms with Crippen molar-refractivity contribution in [1.82, 2.24) is 15.4 Å². The molecule has 2 fully saturated rings. The first-order valence-electron chi connectivity index (χ1n) is 7.80. The Bertz CT molecular complexity index is 540. The highest BCUT2D eigenvalue weighted by molar-refractivity contribution is 5.90. The predicted molar refractivity (Wildman–Crippen MR) is 84.4 cm³/mol. The quantitative estimate of drug-likeness (QED) is 0.422. The van der Waals surface area contributed by atoms with Gasteiger partial charge in [0.15, 0.2) is 0 Å². The molecule has 0 spiro atoms. The summed E-state index contributed by atoms with van der Waals surface area (Å²) in [5.41, 5.74) is 2.37. The summed E-state index contributed by atoms with van der Waals surface area (Å²) in [6, 6.07) is 4.28. The Kier molecular flexibility index (Phi) is 4.70. The van der Waals surface area contributed by atoms with Crippen LogP contribution in [0.25, 0.3) is 6.08 Å². The van der Waals surface area contributed by atoms with Gasteiger partial charge in [-0.15, -0.1) is 0 Å². The molecule has 6 nitrogen and oxygen atoms in total. The van der Waals surface area contributed by atoms with Gasteiger partial charge >= 0.3 is 0 Å². The summed E-state index contributed by atoms with van der Waals surface area (Å²) in [6.07, 6.45) is 8.54. The summed E-state index contributed by atoms with van der Waals surface area (Å²) in [6.45, 7) is 3.52. The maximum atomic E-state index is 10.9. The van der Waals surface area contributed by atoms with E-state index in [9.17, 15) is 4.79 Å². The number of hydrogen-bond donors (Lipinski definition) is 3. The van der Waals surface area contributed by atoms with E-state index in [2.05, 4.69) is 15.2 Å². The van der Waals surface area contributed by atoms with Crippen LogP contribution in [0, 0.1) is 5.92 Å². The van der Waals surface area contributed by atoms with E-state index in [1.165, 1.54) is 32.0 Å². The SMILES string of the molecule is O=C(C=Cc1ccc(N[C@@H]2CCN(CC3CC3)C2)nc1)NO. The van der Waals surface area contributed by atoms with Crippen molar-refractivity contribution in [2.45, 2.75) is 25.3 Å². The topological polar surface area (TPSA) is 77.5 Å². The number of anilines is 1. The molecule has 0 radical (unpaired) electrons. The van der Waals surface area contributed by atoms with Crippen molar-refractivity contribution in [3.05, 3.63) is 30.0 Å². The maximum Gasteiger partial charge on any atom is 0.267 e. The molecule has 118 valence electrons. The van der Waals surface area contributed by atoms with Gasteiger partial charge in [-0.3, -0.25) is 10.0 Å². The Morgan fingerprint density at radius 3 is 2.95 bits per heavy atom. The number of carbonyl (C=O) groups excluding carboxylic acids is 1. The van der Waals surface area contributed by atoms with Crippen molar-refractivity contribution in [2.24, 2.45) is 5.92 Å². The largest absolute Gasteiger partial charge is 0.366 e. The summed E-state index contributed by atoms with van der Waals surface area (Å²) in [5, 5.41) is 11.9. The molecule has 3 rings (SSSR count). The molecule has 1 aromatic rings. The number of nitrogens with zero attached hydrogens (tertiary/aromatic N) is 2. The molecule has 1 amide bonds. The van der Waals surface area contributed by atoms with Gasteiger partial charge in [-0.1, -0.05) is 0 Å². The summed E-state index contributed by atoms with van der Waals surface area (Å²) >= 11 is 0. The Balaban J connectivity index is 1.48. The number of aromatic nitrogens is 1. The maximum absolute atomic E-state index is 10.9. The van der Waals surface area contributed by atoms with Gasteiger partial charge in [-0.2, -0.15) is 0 Å². The molecule has 6 heteroatoms.